The number of halogens is 1. The van der Waals surface area contributed by atoms with E-state index in [1.807, 2.05) is 0 Å². The maximum absolute atomic E-state index is 12.9. The Kier molecular flexibility index (Phi) is 6.64. The molecule has 1 aliphatic rings. The van der Waals surface area contributed by atoms with Gasteiger partial charge in [-0.15, -0.1) is 0 Å². The molecule has 1 N–H and O–H groups in total. The molecule has 3 aromatic rings. The van der Waals surface area contributed by atoms with Gasteiger partial charge >= 0.3 is 0 Å². The first-order chi connectivity index (χ1) is 15.1. The largest absolute Gasteiger partial charge is 0.495 e. The van der Waals surface area contributed by atoms with Crippen molar-refractivity contribution in [3.05, 3.63) is 65.2 Å². The van der Waals surface area contributed by atoms with E-state index < -0.39 is 0 Å². The van der Waals surface area contributed by atoms with Crippen LogP contribution in [0.5, 0.6) is 11.5 Å². The maximum Gasteiger partial charge on any atom is 0.227 e. The Morgan fingerprint density at radius 2 is 1.74 bits per heavy atom. The molecule has 31 heavy (non-hydrogen) atoms. The molecule has 1 saturated heterocycles. The smallest absolute Gasteiger partial charge is 0.227 e. The van der Waals surface area contributed by atoms with Gasteiger partial charge < -0.3 is 14.8 Å². The third kappa shape index (κ3) is 4.78. The number of rotatable bonds is 6. The zero-order valence-corrected chi connectivity index (χ0v) is 18.6. The van der Waals surface area contributed by atoms with Crippen molar-refractivity contribution in [3.8, 4) is 11.5 Å². The number of nitrogens with one attached hydrogen (secondary N) is 1. The molecule has 0 atom stereocenters. The van der Waals surface area contributed by atoms with Crippen LogP contribution in [0.4, 0.5) is 5.69 Å². The van der Waals surface area contributed by atoms with Gasteiger partial charge in [0, 0.05) is 24.6 Å². The lowest BCUT2D eigenvalue weighted by Crippen LogP contribution is -2.37. The highest BCUT2D eigenvalue weighted by atomic mass is 35.5. The molecule has 4 rings (SSSR count). The van der Waals surface area contributed by atoms with Crippen LogP contribution < -0.4 is 14.8 Å². The number of benzene rings is 3. The molecule has 162 valence electrons. The Morgan fingerprint density at radius 1 is 1.03 bits per heavy atom. The molecule has 3 aromatic carbocycles. The highest BCUT2D eigenvalue weighted by Crippen LogP contribution is 2.36. The number of amides is 1. The van der Waals surface area contributed by atoms with Crippen LogP contribution in [-0.2, 0) is 11.3 Å². The standard InChI is InChI=1S/C25H27ClN2O3/c1-30-23-15-22(24(31-2)14-21(23)26)27-25(29)18-10-12-28(13-11-18)16-19-8-5-7-17-6-3-4-9-20(17)19/h3-9,14-15,18H,10-13,16H2,1-2H3,(H,27,29). The Hall–Kier alpha value is -2.76. The normalized spacial score (nSPS) is 15.1. The predicted molar refractivity (Wildman–Crippen MR) is 125 cm³/mol. The van der Waals surface area contributed by atoms with E-state index in [1.165, 1.54) is 16.3 Å². The van der Waals surface area contributed by atoms with Crippen LogP contribution in [0.25, 0.3) is 10.8 Å². The summed E-state index contributed by atoms with van der Waals surface area (Å²) in [6, 6.07) is 18.3. The SMILES string of the molecule is COc1cc(NC(=O)C2CCN(Cc3cccc4ccccc34)CC2)c(OC)cc1Cl. The number of hydrogen-bond acceptors (Lipinski definition) is 4. The average molecular weight is 439 g/mol. The van der Waals surface area contributed by atoms with Crippen molar-refractivity contribution >= 4 is 34.0 Å². The van der Waals surface area contributed by atoms with E-state index in [2.05, 4.69) is 52.7 Å². The lowest BCUT2D eigenvalue weighted by molar-refractivity contribution is -0.121. The topological polar surface area (TPSA) is 50.8 Å². The van der Waals surface area contributed by atoms with Crippen molar-refractivity contribution in [2.75, 3.05) is 32.6 Å². The van der Waals surface area contributed by atoms with Crippen LogP contribution >= 0.6 is 11.6 Å². The summed E-state index contributed by atoms with van der Waals surface area (Å²) in [6.07, 6.45) is 1.65. The number of anilines is 1. The minimum Gasteiger partial charge on any atom is -0.495 e. The van der Waals surface area contributed by atoms with Crippen molar-refractivity contribution in [3.63, 3.8) is 0 Å². The third-order valence-electron chi connectivity index (χ3n) is 5.96. The summed E-state index contributed by atoms with van der Waals surface area (Å²) < 4.78 is 10.6. The van der Waals surface area contributed by atoms with E-state index in [0.717, 1.165) is 32.5 Å². The predicted octanol–water partition coefficient (Wildman–Crippen LogP) is 5.36. The molecule has 0 aromatic heterocycles. The van der Waals surface area contributed by atoms with Crippen LogP contribution in [0.15, 0.2) is 54.6 Å². The van der Waals surface area contributed by atoms with Crippen LogP contribution in [-0.4, -0.2) is 38.1 Å². The molecule has 0 radical (unpaired) electrons. The number of likely N-dealkylation sites (tertiary alicyclic amines) is 1. The van der Waals surface area contributed by atoms with Gasteiger partial charge in [-0.2, -0.15) is 0 Å². The monoisotopic (exact) mass is 438 g/mol. The zero-order valence-electron chi connectivity index (χ0n) is 17.9. The molecular formula is C25H27ClN2O3. The summed E-state index contributed by atoms with van der Waals surface area (Å²) in [5, 5.41) is 6.01. The van der Waals surface area contributed by atoms with Gasteiger partial charge in [-0.1, -0.05) is 54.1 Å². The molecular weight excluding hydrogens is 412 g/mol. The fourth-order valence-electron chi connectivity index (χ4n) is 4.22. The molecule has 5 nitrogen and oxygen atoms in total. The first-order valence-electron chi connectivity index (χ1n) is 10.5. The van der Waals surface area contributed by atoms with Crippen molar-refractivity contribution in [2.24, 2.45) is 5.92 Å². The number of methoxy groups -OCH3 is 2. The number of nitrogens with zero attached hydrogens (tertiary/aromatic N) is 1. The summed E-state index contributed by atoms with van der Waals surface area (Å²) in [6.45, 7) is 2.68. The second-order valence-corrected chi connectivity index (χ2v) is 8.27. The van der Waals surface area contributed by atoms with Crippen molar-refractivity contribution in [2.45, 2.75) is 19.4 Å². The molecule has 1 aliphatic heterocycles. The number of piperidine rings is 1. The fourth-order valence-corrected chi connectivity index (χ4v) is 4.45. The molecule has 0 bridgehead atoms. The van der Waals surface area contributed by atoms with E-state index in [9.17, 15) is 4.79 Å². The zero-order chi connectivity index (χ0) is 21.8. The van der Waals surface area contributed by atoms with Gasteiger partial charge in [-0.05, 0) is 42.3 Å². The van der Waals surface area contributed by atoms with Gasteiger partial charge in [0.15, 0.2) is 0 Å². The third-order valence-corrected chi connectivity index (χ3v) is 6.26. The lowest BCUT2D eigenvalue weighted by Gasteiger charge is -2.31. The van der Waals surface area contributed by atoms with Gasteiger partial charge in [-0.25, -0.2) is 0 Å². The van der Waals surface area contributed by atoms with Gasteiger partial charge in [0.05, 0.1) is 24.9 Å². The van der Waals surface area contributed by atoms with Crippen molar-refractivity contribution in [1.82, 2.24) is 4.90 Å². The fraction of sp³-hybridized carbons (Fsp3) is 0.320. The van der Waals surface area contributed by atoms with Crippen molar-refractivity contribution in [1.29, 1.82) is 0 Å². The van der Waals surface area contributed by atoms with E-state index in [-0.39, 0.29) is 11.8 Å². The highest BCUT2D eigenvalue weighted by Gasteiger charge is 2.26. The number of fused-ring (bicyclic) bond motifs is 1. The number of hydrogen-bond donors (Lipinski definition) is 1. The Morgan fingerprint density at radius 3 is 2.48 bits per heavy atom. The van der Waals surface area contributed by atoms with Crippen LogP contribution in [0.1, 0.15) is 18.4 Å². The minimum atomic E-state index is -0.0323. The van der Waals surface area contributed by atoms with Crippen LogP contribution in [0, 0.1) is 5.92 Å². The van der Waals surface area contributed by atoms with Crippen LogP contribution in [0.2, 0.25) is 5.02 Å². The summed E-state index contributed by atoms with van der Waals surface area (Å²) in [5.41, 5.74) is 1.91. The van der Waals surface area contributed by atoms with E-state index in [1.54, 1.807) is 26.4 Å². The summed E-state index contributed by atoms with van der Waals surface area (Å²) in [4.78, 5) is 15.3. The molecule has 0 aliphatic carbocycles. The first kappa shape index (κ1) is 21.5. The molecule has 6 heteroatoms. The second-order valence-electron chi connectivity index (χ2n) is 7.86. The number of carbonyl (C=O) groups excluding carboxylic acids is 1. The van der Waals surface area contributed by atoms with Crippen LogP contribution in [0.3, 0.4) is 0 Å². The van der Waals surface area contributed by atoms with Gasteiger partial charge in [0.1, 0.15) is 11.5 Å². The Bertz CT molecular complexity index is 1070. The van der Waals surface area contributed by atoms with E-state index >= 15 is 0 Å². The highest BCUT2D eigenvalue weighted by molar-refractivity contribution is 6.32. The van der Waals surface area contributed by atoms with Gasteiger partial charge in [0.25, 0.3) is 0 Å². The average Bonchev–Trinajstić information content (AvgIpc) is 2.80. The summed E-state index contributed by atoms with van der Waals surface area (Å²) >= 11 is 6.16. The Labute approximate surface area is 187 Å². The van der Waals surface area contributed by atoms with E-state index in [0.29, 0.717) is 22.2 Å². The van der Waals surface area contributed by atoms with E-state index in [4.69, 9.17) is 21.1 Å². The summed E-state index contributed by atoms with van der Waals surface area (Å²) in [5.74, 6) is 0.998. The number of carbonyl (C=O) groups is 1. The van der Waals surface area contributed by atoms with Crippen molar-refractivity contribution < 1.29 is 14.3 Å². The first-order valence-corrected chi connectivity index (χ1v) is 10.9. The molecule has 1 fully saturated rings. The second kappa shape index (κ2) is 9.58. The van der Waals surface area contributed by atoms with Gasteiger partial charge in [0.2, 0.25) is 5.91 Å². The molecule has 1 amide bonds. The quantitative estimate of drug-likeness (QED) is 0.562. The summed E-state index contributed by atoms with van der Waals surface area (Å²) in [7, 11) is 3.10. The molecule has 0 spiro atoms. The van der Waals surface area contributed by atoms with Gasteiger partial charge in [-0.3, -0.25) is 9.69 Å². The molecule has 1 heterocycles. The molecule has 0 unspecified atom stereocenters. The minimum absolute atomic E-state index is 0.00693. The number of ether oxygens (including phenoxy) is 2. The molecule has 0 saturated carbocycles. The maximum atomic E-state index is 12.9. The lowest BCUT2D eigenvalue weighted by atomic mass is 9.95. The Balaban J connectivity index is 1.38.